The molecule has 1 atom stereocenters. The van der Waals surface area contributed by atoms with Crippen LogP contribution in [0.4, 0.5) is 0 Å². The molecule has 0 amide bonds. The quantitative estimate of drug-likeness (QED) is 0.790. The van der Waals surface area contributed by atoms with Crippen LogP contribution in [0.5, 0.6) is 0 Å². The summed E-state index contributed by atoms with van der Waals surface area (Å²) in [7, 11) is 2.01. The predicted molar refractivity (Wildman–Crippen MR) is 79.6 cm³/mol. The van der Waals surface area contributed by atoms with Gasteiger partial charge in [0.1, 0.15) is 0 Å². The van der Waals surface area contributed by atoms with Gasteiger partial charge in [-0.05, 0) is 62.9 Å². The number of hydrogen-bond donors (Lipinski definition) is 2. The summed E-state index contributed by atoms with van der Waals surface area (Å²) in [4.78, 5) is 2.13. The fraction of sp³-hybridized carbons (Fsp3) is 0.625. The molecule has 0 radical (unpaired) electrons. The molecule has 0 spiro atoms. The van der Waals surface area contributed by atoms with E-state index < -0.39 is 0 Å². The van der Waals surface area contributed by atoms with Gasteiger partial charge in [0, 0.05) is 19.2 Å². The SMILES string of the molecule is Cc1ccc(CCN(C)C(CO)CCO)c(C)c1C. The van der Waals surface area contributed by atoms with Gasteiger partial charge in [0.05, 0.1) is 6.61 Å². The Labute approximate surface area is 116 Å². The summed E-state index contributed by atoms with van der Waals surface area (Å²) in [6.07, 6.45) is 1.60. The molecule has 0 fully saturated rings. The van der Waals surface area contributed by atoms with Crippen molar-refractivity contribution >= 4 is 0 Å². The first-order valence-electron chi connectivity index (χ1n) is 6.98. The summed E-state index contributed by atoms with van der Waals surface area (Å²) in [6, 6.07) is 4.43. The molecule has 0 heterocycles. The summed E-state index contributed by atoms with van der Waals surface area (Å²) < 4.78 is 0. The van der Waals surface area contributed by atoms with Crippen LogP contribution in [0.15, 0.2) is 12.1 Å². The Hall–Kier alpha value is -0.900. The molecule has 3 heteroatoms. The van der Waals surface area contributed by atoms with Crippen LogP contribution >= 0.6 is 0 Å². The number of likely N-dealkylation sites (N-methyl/N-ethyl adjacent to an activating group) is 1. The van der Waals surface area contributed by atoms with Crippen molar-refractivity contribution in [3.8, 4) is 0 Å². The molecule has 3 nitrogen and oxygen atoms in total. The lowest BCUT2D eigenvalue weighted by molar-refractivity contribution is 0.120. The van der Waals surface area contributed by atoms with Crippen molar-refractivity contribution in [2.75, 3.05) is 26.8 Å². The number of aliphatic hydroxyl groups excluding tert-OH is 2. The highest BCUT2D eigenvalue weighted by atomic mass is 16.3. The van der Waals surface area contributed by atoms with E-state index in [0.29, 0.717) is 6.42 Å². The normalized spacial score (nSPS) is 13.0. The monoisotopic (exact) mass is 265 g/mol. The van der Waals surface area contributed by atoms with Crippen LogP contribution in [0.25, 0.3) is 0 Å². The minimum atomic E-state index is 0.0526. The smallest absolute Gasteiger partial charge is 0.0587 e. The van der Waals surface area contributed by atoms with E-state index in [1.54, 1.807) is 0 Å². The predicted octanol–water partition coefficient (Wildman–Crippen LogP) is 1.83. The molecule has 108 valence electrons. The van der Waals surface area contributed by atoms with Crippen LogP contribution < -0.4 is 0 Å². The minimum Gasteiger partial charge on any atom is -0.396 e. The average Bonchev–Trinajstić information content (AvgIpc) is 2.41. The molecule has 0 saturated heterocycles. The van der Waals surface area contributed by atoms with Crippen LogP contribution in [0, 0.1) is 20.8 Å². The molecule has 0 aliphatic carbocycles. The minimum absolute atomic E-state index is 0.0526. The summed E-state index contributed by atoms with van der Waals surface area (Å²) in [6.45, 7) is 7.60. The van der Waals surface area contributed by atoms with Gasteiger partial charge in [-0.25, -0.2) is 0 Å². The van der Waals surface area contributed by atoms with Crippen LogP contribution in [0.3, 0.4) is 0 Å². The second kappa shape index (κ2) is 7.63. The number of hydrogen-bond acceptors (Lipinski definition) is 3. The Balaban J connectivity index is 2.64. The van der Waals surface area contributed by atoms with E-state index in [1.807, 2.05) is 7.05 Å². The Bertz CT molecular complexity index is 404. The van der Waals surface area contributed by atoms with E-state index in [0.717, 1.165) is 13.0 Å². The maximum Gasteiger partial charge on any atom is 0.0587 e. The van der Waals surface area contributed by atoms with Gasteiger partial charge in [-0.2, -0.15) is 0 Å². The topological polar surface area (TPSA) is 43.7 Å². The fourth-order valence-electron chi connectivity index (χ4n) is 2.36. The maximum atomic E-state index is 9.31. The first-order valence-corrected chi connectivity index (χ1v) is 6.98. The molecule has 0 saturated carbocycles. The fourth-order valence-corrected chi connectivity index (χ4v) is 2.36. The molecule has 0 aromatic heterocycles. The number of nitrogens with zero attached hydrogens (tertiary/aromatic N) is 1. The Morgan fingerprint density at radius 3 is 2.37 bits per heavy atom. The second-order valence-electron chi connectivity index (χ2n) is 5.37. The van der Waals surface area contributed by atoms with Gasteiger partial charge >= 0.3 is 0 Å². The molecule has 0 bridgehead atoms. The van der Waals surface area contributed by atoms with Gasteiger partial charge in [0.15, 0.2) is 0 Å². The summed E-state index contributed by atoms with van der Waals surface area (Å²) in [5.74, 6) is 0. The molecule has 0 aliphatic heterocycles. The third-order valence-corrected chi connectivity index (χ3v) is 4.20. The maximum absolute atomic E-state index is 9.31. The van der Waals surface area contributed by atoms with Gasteiger partial charge in [0.25, 0.3) is 0 Å². The highest BCUT2D eigenvalue weighted by Crippen LogP contribution is 2.18. The number of rotatable bonds is 7. The number of benzene rings is 1. The van der Waals surface area contributed by atoms with Crippen molar-refractivity contribution in [1.82, 2.24) is 4.90 Å². The van der Waals surface area contributed by atoms with Crippen LogP contribution in [0.2, 0.25) is 0 Å². The molecule has 2 N–H and O–H groups in total. The Morgan fingerprint density at radius 1 is 1.11 bits per heavy atom. The summed E-state index contributed by atoms with van der Waals surface area (Å²) >= 11 is 0. The molecule has 1 unspecified atom stereocenters. The van der Waals surface area contributed by atoms with Crippen molar-refractivity contribution in [2.45, 2.75) is 39.7 Å². The van der Waals surface area contributed by atoms with Crippen molar-refractivity contribution < 1.29 is 10.2 Å². The van der Waals surface area contributed by atoms with Crippen molar-refractivity contribution in [1.29, 1.82) is 0 Å². The first-order chi connectivity index (χ1) is 9.01. The number of aryl methyl sites for hydroxylation is 1. The zero-order valence-electron chi connectivity index (χ0n) is 12.6. The highest BCUT2D eigenvalue weighted by molar-refractivity contribution is 5.38. The first kappa shape index (κ1) is 16.2. The molecule has 1 aromatic carbocycles. The van der Waals surface area contributed by atoms with E-state index in [1.165, 1.54) is 22.3 Å². The summed E-state index contributed by atoms with van der Waals surface area (Å²) in [5, 5.41) is 18.3. The second-order valence-corrected chi connectivity index (χ2v) is 5.37. The molecule has 0 aliphatic rings. The van der Waals surface area contributed by atoms with E-state index in [9.17, 15) is 5.11 Å². The largest absolute Gasteiger partial charge is 0.396 e. The highest BCUT2D eigenvalue weighted by Gasteiger charge is 2.13. The average molecular weight is 265 g/mol. The van der Waals surface area contributed by atoms with E-state index in [4.69, 9.17) is 5.11 Å². The van der Waals surface area contributed by atoms with Crippen molar-refractivity contribution in [3.63, 3.8) is 0 Å². The zero-order valence-corrected chi connectivity index (χ0v) is 12.6. The molecular formula is C16H27NO2. The van der Waals surface area contributed by atoms with Crippen molar-refractivity contribution in [3.05, 3.63) is 34.4 Å². The zero-order chi connectivity index (χ0) is 14.4. The number of aliphatic hydroxyl groups is 2. The molecule has 1 aromatic rings. The van der Waals surface area contributed by atoms with Crippen LogP contribution in [-0.2, 0) is 6.42 Å². The third-order valence-electron chi connectivity index (χ3n) is 4.20. The summed E-state index contributed by atoms with van der Waals surface area (Å²) in [5.41, 5.74) is 5.45. The lowest BCUT2D eigenvalue weighted by atomic mass is 9.97. The third kappa shape index (κ3) is 4.30. The van der Waals surface area contributed by atoms with Gasteiger partial charge in [-0.1, -0.05) is 12.1 Å². The van der Waals surface area contributed by atoms with Gasteiger partial charge in [-0.15, -0.1) is 0 Å². The van der Waals surface area contributed by atoms with Crippen molar-refractivity contribution in [2.24, 2.45) is 0 Å². The van der Waals surface area contributed by atoms with Gasteiger partial charge < -0.3 is 15.1 Å². The Kier molecular flexibility index (Phi) is 6.49. The molecule has 19 heavy (non-hydrogen) atoms. The molecular weight excluding hydrogens is 238 g/mol. The Morgan fingerprint density at radius 2 is 1.79 bits per heavy atom. The van der Waals surface area contributed by atoms with E-state index >= 15 is 0 Å². The standard InChI is InChI=1S/C16H27NO2/c1-12-5-6-15(14(3)13(12)2)7-9-17(4)16(11-19)8-10-18/h5-6,16,18-19H,7-11H2,1-4H3. The van der Waals surface area contributed by atoms with E-state index in [2.05, 4.69) is 37.8 Å². The van der Waals surface area contributed by atoms with Crippen LogP contribution in [-0.4, -0.2) is 48.0 Å². The van der Waals surface area contributed by atoms with Gasteiger partial charge in [0.2, 0.25) is 0 Å². The lowest BCUT2D eigenvalue weighted by Crippen LogP contribution is -2.37. The van der Waals surface area contributed by atoms with Gasteiger partial charge in [-0.3, -0.25) is 0 Å². The molecule has 1 rings (SSSR count). The van der Waals surface area contributed by atoms with E-state index in [-0.39, 0.29) is 19.3 Å². The lowest BCUT2D eigenvalue weighted by Gasteiger charge is -2.26. The van der Waals surface area contributed by atoms with Crippen LogP contribution in [0.1, 0.15) is 28.7 Å².